The van der Waals surface area contributed by atoms with Crippen molar-refractivity contribution >= 4 is 9.24 Å². The van der Waals surface area contributed by atoms with Crippen LogP contribution in [0.3, 0.4) is 0 Å². The highest BCUT2D eigenvalue weighted by Crippen LogP contribution is 2.12. The van der Waals surface area contributed by atoms with Gasteiger partial charge in [-0.15, -0.1) is 0 Å². The quantitative estimate of drug-likeness (QED) is 0.332. The Kier molecular flexibility index (Phi) is 2.65. The second-order valence-electron chi connectivity index (χ2n) is 1.84. The molecule has 0 aromatic carbocycles. The highest BCUT2D eigenvalue weighted by Gasteiger charge is 2.45. The van der Waals surface area contributed by atoms with Crippen molar-refractivity contribution in [2.45, 2.75) is 0 Å². The third kappa shape index (κ3) is 2.83. The maximum absolute atomic E-state index is 11.7. The first-order chi connectivity index (χ1) is 3.85. The standard InChI is InChI=1S/C3H9F3N2Si/c1-7(2)8(3)9(4,5)6/h1-3H3. The third-order valence-corrected chi connectivity index (χ3v) is 2.10. The summed E-state index contributed by atoms with van der Waals surface area (Å²) in [6.07, 6.45) is 0. The molecule has 0 amide bonds. The SMILES string of the molecule is CN(C)N(C)[Si](F)(F)F. The summed E-state index contributed by atoms with van der Waals surface area (Å²) in [5.74, 6) is 0. The van der Waals surface area contributed by atoms with Gasteiger partial charge in [-0.25, -0.2) is 17.3 Å². The summed E-state index contributed by atoms with van der Waals surface area (Å²) >= 11 is 0. The lowest BCUT2D eigenvalue weighted by molar-refractivity contribution is 0.0925. The molecular formula is C3H9F3N2Si. The second kappa shape index (κ2) is 2.67. The number of halogens is 3. The molecule has 0 rings (SSSR count). The maximum Gasteiger partial charge on any atom is 0.733 e. The third-order valence-electron chi connectivity index (χ3n) is 0.967. The van der Waals surface area contributed by atoms with Gasteiger partial charge < -0.3 is 0 Å². The molecule has 0 fully saturated rings. The molecule has 0 atom stereocenters. The van der Waals surface area contributed by atoms with Crippen LogP contribution in [-0.2, 0) is 0 Å². The Hall–Kier alpha value is -0.0731. The smallest absolute Gasteiger partial charge is 0.248 e. The van der Waals surface area contributed by atoms with Gasteiger partial charge in [-0.3, -0.25) is 0 Å². The number of hydrogen-bond acceptors (Lipinski definition) is 2. The van der Waals surface area contributed by atoms with Crippen molar-refractivity contribution in [3.05, 3.63) is 0 Å². The molecular weight excluding hydrogens is 149 g/mol. The Balaban J connectivity index is 3.88. The summed E-state index contributed by atoms with van der Waals surface area (Å²) in [7, 11) is -1.82. The van der Waals surface area contributed by atoms with Gasteiger partial charge in [0, 0.05) is 21.1 Å². The molecule has 0 N–H and O–H groups in total. The average molecular weight is 158 g/mol. The van der Waals surface area contributed by atoms with Crippen LogP contribution in [0.2, 0.25) is 0 Å². The van der Waals surface area contributed by atoms with E-state index >= 15 is 0 Å². The van der Waals surface area contributed by atoms with Gasteiger partial charge >= 0.3 is 9.24 Å². The van der Waals surface area contributed by atoms with Crippen molar-refractivity contribution in [1.29, 1.82) is 0 Å². The molecule has 0 saturated carbocycles. The Morgan fingerprint density at radius 1 is 1.00 bits per heavy atom. The van der Waals surface area contributed by atoms with E-state index in [0.29, 0.717) is 4.67 Å². The number of hydrazine groups is 1. The van der Waals surface area contributed by atoms with Crippen LogP contribution in [0.1, 0.15) is 0 Å². The Morgan fingerprint density at radius 3 is 1.33 bits per heavy atom. The van der Waals surface area contributed by atoms with E-state index in [0.717, 1.165) is 12.1 Å². The van der Waals surface area contributed by atoms with Crippen LogP contribution in [0.4, 0.5) is 12.3 Å². The first kappa shape index (κ1) is 8.93. The van der Waals surface area contributed by atoms with E-state index in [4.69, 9.17) is 0 Å². The van der Waals surface area contributed by atoms with Gasteiger partial charge in [0.2, 0.25) is 0 Å². The fourth-order valence-corrected chi connectivity index (χ4v) is 0.680. The minimum Gasteiger partial charge on any atom is -0.248 e. The lowest BCUT2D eigenvalue weighted by Gasteiger charge is -2.23. The van der Waals surface area contributed by atoms with Crippen molar-refractivity contribution in [2.75, 3.05) is 21.1 Å². The molecule has 56 valence electrons. The first-order valence-electron chi connectivity index (χ1n) is 2.33. The molecule has 0 aromatic rings. The van der Waals surface area contributed by atoms with Gasteiger partial charge in [-0.1, -0.05) is 0 Å². The van der Waals surface area contributed by atoms with E-state index in [-0.39, 0.29) is 0 Å². The Morgan fingerprint density at radius 2 is 1.33 bits per heavy atom. The molecule has 0 aliphatic carbocycles. The van der Waals surface area contributed by atoms with Gasteiger partial charge in [0.15, 0.2) is 0 Å². The normalized spacial score (nSPS) is 13.3. The van der Waals surface area contributed by atoms with E-state index < -0.39 is 9.24 Å². The molecule has 0 unspecified atom stereocenters. The van der Waals surface area contributed by atoms with Crippen LogP contribution in [0.5, 0.6) is 0 Å². The first-order valence-corrected chi connectivity index (χ1v) is 3.91. The van der Waals surface area contributed by atoms with Gasteiger partial charge in [0.05, 0.1) is 0 Å². The summed E-state index contributed by atoms with van der Waals surface area (Å²) in [5, 5.41) is 1.02. The Bertz CT molecular complexity index is 91.5. The molecule has 0 aliphatic rings. The summed E-state index contributed by atoms with van der Waals surface area (Å²) in [6.45, 7) is 0. The summed E-state index contributed by atoms with van der Waals surface area (Å²) in [4.78, 5) is 0. The van der Waals surface area contributed by atoms with Crippen molar-refractivity contribution in [3.8, 4) is 0 Å². The topological polar surface area (TPSA) is 6.48 Å². The minimum absolute atomic E-state index is 0.326. The molecule has 2 nitrogen and oxygen atoms in total. The molecule has 9 heavy (non-hydrogen) atoms. The molecule has 0 aliphatic heterocycles. The van der Waals surface area contributed by atoms with E-state index in [9.17, 15) is 12.3 Å². The molecule has 0 aromatic heterocycles. The summed E-state index contributed by atoms with van der Waals surface area (Å²) < 4.78 is 35.5. The lowest BCUT2D eigenvalue weighted by Crippen LogP contribution is -2.48. The van der Waals surface area contributed by atoms with E-state index in [2.05, 4.69) is 0 Å². The van der Waals surface area contributed by atoms with Crippen LogP contribution in [0, 0.1) is 0 Å². The van der Waals surface area contributed by atoms with Gasteiger partial charge in [0.25, 0.3) is 0 Å². The maximum atomic E-state index is 11.7. The minimum atomic E-state index is -5.56. The molecule has 6 heteroatoms. The van der Waals surface area contributed by atoms with Crippen molar-refractivity contribution in [1.82, 2.24) is 9.68 Å². The second-order valence-corrected chi connectivity index (χ2v) is 3.42. The molecule has 0 spiro atoms. The van der Waals surface area contributed by atoms with Gasteiger partial charge in [0.1, 0.15) is 0 Å². The molecule has 0 bridgehead atoms. The molecule has 0 radical (unpaired) electrons. The van der Waals surface area contributed by atoms with E-state index in [1.54, 1.807) is 0 Å². The van der Waals surface area contributed by atoms with Crippen LogP contribution < -0.4 is 0 Å². The zero-order valence-corrected chi connectivity index (χ0v) is 6.53. The summed E-state index contributed by atoms with van der Waals surface area (Å²) in [5.41, 5.74) is 0. The number of nitrogens with zero attached hydrogens (tertiary/aromatic N) is 2. The zero-order chi connectivity index (χ0) is 7.65. The zero-order valence-electron chi connectivity index (χ0n) is 5.53. The van der Waals surface area contributed by atoms with Crippen LogP contribution in [0.15, 0.2) is 0 Å². The van der Waals surface area contributed by atoms with Crippen LogP contribution in [-0.4, -0.2) is 40.1 Å². The predicted octanol–water partition coefficient (Wildman–Crippen LogP) is 0.739. The summed E-state index contributed by atoms with van der Waals surface area (Å²) in [6, 6.07) is 0. The predicted molar refractivity (Wildman–Crippen MR) is 30.5 cm³/mol. The average Bonchev–Trinajstić information content (AvgIpc) is 1.62. The van der Waals surface area contributed by atoms with E-state index in [1.165, 1.54) is 14.1 Å². The largest absolute Gasteiger partial charge is 0.733 e. The van der Waals surface area contributed by atoms with Crippen LogP contribution in [0.25, 0.3) is 0 Å². The van der Waals surface area contributed by atoms with Crippen molar-refractivity contribution in [2.24, 2.45) is 0 Å². The van der Waals surface area contributed by atoms with Crippen molar-refractivity contribution < 1.29 is 12.3 Å². The molecule has 0 saturated heterocycles. The van der Waals surface area contributed by atoms with Crippen LogP contribution >= 0.6 is 0 Å². The fraction of sp³-hybridized carbons (Fsp3) is 1.00. The lowest BCUT2D eigenvalue weighted by atomic mass is 11.1. The van der Waals surface area contributed by atoms with Crippen molar-refractivity contribution in [3.63, 3.8) is 0 Å². The molecule has 0 heterocycles. The van der Waals surface area contributed by atoms with Gasteiger partial charge in [-0.05, 0) is 0 Å². The van der Waals surface area contributed by atoms with Gasteiger partial charge in [-0.2, -0.15) is 4.67 Å². The Labute approximate surface area is 53.4 Å². The monoisotopic (exact) mass is 158 g/mol. The number of rotatable bonds is 2. The van der Waals surface area contributed by atoms with E-state index in [1.807, 2.05) is 0 Å². The number of hydrogen-bond donors (Lipinski definition) is 0. The highest BCUT2D eigenvalue weighted by molar-refractivity contribution is 6.54. The fourth-order valence-electron chi connectivity index (χ4n) is 0.227. The highest BCUT2D eigenvalue weighted by atomic mass is 28.5.